The number of rotatable bonds is 4. The van der Waals surface area contributed by atoms with E-state index >= 15 is 0 Å². The molecule has 1 atom stereocenters. The summed E-state index contributed by atoms with van der Waals surface area (Å²) >= 11 is 0. The van der Waals surface area contributed by atoms with E-state index in [0.717, 1.165) is 0 Å². The third kappa shape index (κ3) is 3.42. The van der Waals surface area contributed by atoms with Crippen LogP contribution in [0.2, 0.25) is 0 Å². The van der Waals surface area contributed by atoms with E-state index in [4.69, 9.17) is 5.11 Å². The number of nitrogens with zero attached hydrogens (tertiary/aromatic N) is 4. The predicted molar refractivity (Wildman–Crippen MR) is 74.0 cm³/mol. The number of benzene rings is 1. The minimum Gasteiger partial charge on any atom is -0.481 e. The van der Waals surface area contributed by atoms with Crippen LogP contribution in [0.1, 0.15) is 33.2 Å². The third-order valence-electron chi connectivity index (χ3n) is 3.26. The summed E-state index contributed by atoms with van der Waals surface area (Å²) in [5, 5.41) is 20.6. The zero-order valence-corrected chi connectivity index (χ0v) is 12.1. The molecule has 0 aliphatic rings. The molecule has 2 aromatic rings. The zero-order chi connectivity index (χ0) is 15.6. The Morgan fingerprint density at radius 2 is 1.95 bits per heavy atom. The van der Waals surface area contributed by atoms with Crippen LogP contribution in [0.25, 0.3) is 11.4 Å². The molecule has 0 fully saturated rings. The smallest absolute Gasteiger partial charge is 0.305 e. The van der Waals surface area contributed by atoms with Gasteiger partial charge in [-0.25, -0.2) is 9.07 Å². The van der Waals surface area contributed by atoms with E-state index in [0.29, 0.717) is 11.4 Å². The van der Waals surface area contributed by atoms with Crippen LogP contribution in [0.3, 0.4) is 0 Å². The molecule has 2 rings (SSSR count). The molecule has 1 heterocycles. The molecule has 1 aromatic heterocycles. The Morgan fingerprint density at radius 3 is 2.48 bits per heavy atom. The number of halogens is 1. The van der Waals surface area contributed by atoms with Crippen LogP contribution in [0, 0.1) is 11.2 Å². The maximum Gasteiger partial charge on any atom is 0.305 e. The van der Waals surface area contributed by atoms with E-state index in [9.17, 15) is 9.18 Å². The third-order valence-corrected chi connectivity index (χ3v) is 3.26. The molecular weight excluding hydrogens is 275 g/mol. The Morgan fingerprint density at radius 1 is 1.33 bits per heavy atom. The van der Waals surface area contributed by atoms with Crippen molar-refractivity contribution in [2.75, 3.05) is 0 Å². The standard InChI is InChI=1S/C14H17FN4O2/c1-14(2,3)11(8-12(20)21)19-13(16-17-18-19)9-4-6-10(15)7-5-9/h4-7,11H,8H2,1-3H3,(H,20,21). The predicted octanol–water partition coefficient (Wildman–Crippen LogP) is 2.54. The van der Waals surface area contributed by atoms with E-state index in [-0.39, 0.29) is 17.7 Å². The number of hydrogen-bond donors (Lipinski definition) is 1. The SMILES string of the molecule is CC(C)(C)C(CC(=O)O)n1nnnc1-c1ccc(F)cc1. The molecule has 112 valence electrons. The van der Waals surface area contributed by atoms with Crippen LogP contribution in [0.5, 0.6) is 0 Å². The van der Waals surface area contributed by atoms with Gasteiger partial charge >= 0.3 is 5.97 Å². The highest BCUT2D eigenvalue weighted by molar-refractivity contribution is 5.67. The molecule has 6 nitrogen and oxygen atoms in total. The van der Waals surface area contributed by atoms with Crippen molar-refractivity contribution in [2.45, 2.75) is 33.2 Å². The van der Waals surface area contributed by atoms with Gasteiger partial charge in [-0.2, -0.15) is 0 Å². The quantitative estimate of drug-likeness (QED) is 0.936. The van der Waals surface area contributed by atoms with Crippen LogP contribution in [-0.2, 0) is 4.79 Å². The molecule has 1 N–H and O–H groups in total. The highest BCUT2D eigenvalue weighted by Crippen LogP contribution is 2.35. The average molecular weight is 292 g/mol. The van der Waals surface area contributed by atoms with Crippen LogP contribution >= 0.6 is 0 Å². The Kier molecular flexibility index (Phi) is 4.02. The van der Waals surface area contributed by atoms with Crippen LogP contribution in [0.15, 0.2) is 24.3 Å². The maximum absolute atomic E-state index is 13.0. The molecule has 0 amide bonds. The summed E-state index contributed by atoms with van der Waals surface area (Å²) in [6, 6.07) is 5.36. The molecule has 1 unspecified atom stereocenters. The number of aromatic nitrogens is 4. The Hall–Kier alpha value is -2.31. The van der Waals surface area contributed by atoms with Gasteiger partial charge in [0.15, 0.2) is 5.82 Å². The second-order valence-corrected chi connectivity index (χ2v) is 5.93. The van der Waals surface area contributed by atoms with E-state index in [1.54, 1.807) is 12.1 Å². The van der Waals surface area contributed by atoms with Gasteiger partial charge < -0.3 is 5.11 Å². The van der Waals surface area contributed by atoms with Crippen LogP contribution in [0.4, 0.5) is 4.39 Å². The van der Waals surface area contributed by atoms with Crippen molar-refractivity contribution in [1.29, 1.82) is 0 Å². The van der Waals surface area contributed by atoms with Crippen molar-refractivity contribution < 1.29 is 14.3 Å². The van der Waals surface area contributed by atoms with E-state index in [1.807, 2.05) is 20.8 Å². The highest BCUT2D eigenvalue weighted by Gasteiger charge is 2.32. The van der Waals surface area contributed by atoms with Crippen LogP contribution < -0.4 is 0 Å². The molecule has 0 spiro atoms. The minimum absolute atomic E-state index is 0.0945. The molecule has 0 aliphatic heterocycles. The van der Waals surface area contributed by atoms with Gasteiger partial charge in [0, 0.05) is 5.56 Å². The molecule has 0 saturated heterocycles. The van der Waals surface area contributed by atoms with Crippen molar-refractivity contribution >= 4 is 5.97 Å². The van der Waals surface area contributed by atoms with Gasteiger partial charge in [0.1, 0.15) is 5.82 Å². The number of hydrogen-bond acceptors (Lipinski definition) is 4. The molecule has 1 aromatic carbocycles. The van der Waals surface area contributed by atoms with Gasteiger partial charge in [0.25, 0.3) is 0 Å². The molecule has 7 heteroatoms. The van der Waals surface area contributed by atoms with Gasteiger partial charge in [-0.05, 0) is 40.1 Å². The number of carboxylic acid groups (broad SMARTS) is 1. The minimum atomic E-state index is -0.921. The summed E-state index contributed by atoms with van der Waals surface area (Å²) in [6.45, 7) is 5.78. The number of carbonyl (C=O) groups is 1. The van der Waals surface area contributed by atoms with Crippen molar-refractivity contribution in [3.8, 4) is 11.4 Å². The van der Waals surface area contributed by atoms with Crippen molar-refractivity contribution in [1.82, 2.24) is 20.2 Å². The summed E-state index contributed by atoms with van der Waals surface area (Å²) in [7, 11) is 0. The Labute approximate surface area is 121 Å². The fraction of sp³-hybridized carbons (Fsp3) is 0.429. The van der Waals surface area contributed by atoms with Crippen molar-refractivity contribution in [3.63, 3.8) is 0 Å². The lowest BCUT2D eigenvalue weighted by atomic mass is 9.84. The van der Waals surface area contributed by atoms with Crippen LogP contribution in [-0.4, -0.2) is 31.3 Å². The fourth-order valence-corrected chi connectivity index (χ4v) is 2.12. The molecule has 21 heavy (non-hydrogen) atoms. The number of aliphatic carboxylic acids is 1. The summed E-state index contributed by atoms with van der Waals surface area (Å²) in [4.78, 5) is 11.1. The van der Waals surface area contributed by atoms with Crippen molar-refractivity contribution in [3.05, 3.63) is 30.1 Å². The fourth-order valence-electron chi connectivity index (χ4n) is 2.12. The Bertz CT molecular complexity index is 631. The van der Waals surface area contributed by atoms with Crippen molar-refractivity contribution in [2.24, 2.45) is 5.41 Å². The van der Waals surface area contributed by atoms with Gasteiger partial charge in [0.2, 0.25) is 0 Å². The summed E-state index contributed by atoms with van der Waals surface area (Å²) in [5.41, 5.74) is 0.295. The monoisotopic (exact) mass is 292 g/mol. The van der Waals surface area contributed by atoms with Gasteiger partial charge in [0.05, 0.1) is 12.5 Å². The molecule has 0 bridgehead atoms. The molecule has 0 aliphatic carbocycles. The first-order chi connectivity index (χ1) is 9.79. The molecular formula is C14H17FN4O2. The van der Waals surface area contributed by atoms with E-state index in [2.05, 4.69) is 15.5 Å². The van der Waals surface area contributed by atoms with Gasteiger partial charge in [-0.3, -0.25) is 4.79 Å². The van der Waals surface area contributed by atoms with E-state index in [1.165, 1.54) is 16.8 Å². The maximum atomic E-state index is 13.0. The summed E-state index contributed by atoms with van der Waals surface area (Å²) in [5.74, 6) is -0.845. The van der Waals surface area contributed by atoms with Gasteiger partial charge in [-0.15, -0.1) is 5.10 Å². The summed E-state index contributed by atoms with van der Waals surface area (Å²) < 4.78 is 14.5. The first-order valence-corrected chi connectivity index (χ1v) is 6.54. The lowest BCUT2D eigenvalue weighted by molar-refractivity contribution is -0.138. The second kappa shape index (κ2) is 5.59. The number of carboxylic acids is 1. The Balaban J connectivity index is 2.46. The normalized spacial score (nSPS) is 13.1. The lowest BCUT2D eigenvalue weighted by Gasteiger charge is -2.29. The zero-order valence-electron chi connectivity index (χ0n) is 12.1. The van der Waals surface area contributed by atoms with E-state index < -0.39 is 12.0 Å². The van der Waals surface area contributed by atoms with Gasteiger partial charge in [-0.1, -0.05) is 20.8 Å². The number of tetrazole rings is 1. The lowest BCUT2D eigenvalue weighted by Crippen LogP contribution is -2.28. The largest absolute Gasteiger partial charge is 0.481 e. The second-order valence-electron chi connectivity index (χ2n) is 5.93. The topological polar surface area (TPSA) is 80.9 Å². The summed E-state index contributed by atoms with van der Waals surface area (Å²) in [6.07, 6.45) is -0.0945. The molecule has 0 saturated carbocycles. The molecule has 0 radical (unpaired) electrons. The first-order valence-electron chi connectivity index (χ1n) is 6.54. The average Bonchev–Trinajstić information content (AvgIpc) is 2.84. The highest BCUT2D eigenvalue weighted by atomic mass is 19.1. The first kappa shape index (κ1) is 15.1.